The standard InChI is InChI=1S/C19H27N3O3S/c1-19(2,3)18-17(26(24,25)22-11-9-16(23)10-12-22)14-21(20-18)13-15-7-5-4-6-8-15/h4-8,14,16,23H,9-13H2,1-3H3. The van der Waals surface area contributed by atoms with Gasteiger partial charge in [0.25, 0.3) is 0 Å². The molecule has 0 spiro atoms. The third-order valence-electron chi connectivity index (χ3n) is 4.67. The van der Waals surface area contributed by atoms with Crippen molar-refractivity contribution in [2.24, 2.45) is 0 Å². The number of nitrogens with zero attached hydrogens (tertiary/aromatic N) is 3. The van der Waals surface area contributed by atoms with Crippen molar-refractivity contribution in [3.63, 3.8) is 0 Å². The summed E-state index contributed by atoms with van der Waals surface area (Å²) < 4.78 is 29.6. The Morgan fingerprint density at radius 1 is 1.15 bits per heavy atom. The number of hydrogen-bond donors (Lipinski definition) is 1. The normalized spacial score (nSPS) is 17.5. The second-order valence-corrected chi connectivity index (χ2v) is 9.82. The van der Waals surface area contributed by atoms with Gasteiger partial charge in [-0.05, 0) is 18.4 Å². The fourth-order valence-electron chi connectivity index (χ4n) is 3.18. The van der Waals surface area contributed by atoms with E-state index in [0.29, 0.717) is 38.2 Å². The third-order valence-corrected chi connectivity index (χ3v) is 6.57. The van der Waals surface area contributed by atoms with Crippen LogP contribution in [0.1, 0.15) is 44.9 Å². The van der Waals surface area contributed by atoms with Crippen LogP contribution in [0.25, 0.3) is 0 Å². The minimum atomic E-state index is -3.63. The van der Waals surface area contributed by atoms with Gasteiger partial charge in [0.1, 0.15) is 4.90 Å². The van der Waals surface area contributed by atoms with Crippen LogP contribution in [0.2, 0.25) is 0 Å². The molecule has 0 unspecified atom stereocenters. The zero-order valence-electron chi connectivity index (χ0n) is 15.6. The molecule has 1 aromatic carbocycles. The molecule has 0 amide bonds. The van der Waals surface area contributed by atoms with E-state index in [0.717, 1.165) is 5.56 Å². The number of hydrogen-bond acceptors (Lipinski definition) is 4. The number of sulfonamides is 1. The van der Waals surface area contributed by atoms with Crippen molar-refractivity contribution >= 4 is 10.0 Å². The van der Waals surface area contributed by atoms with E-state index >= 15 is 0 Å². The Kier molecular flexibility index (Phi) is 5.23. The van der Waals surface area contributed by atoms with Crippen molar-refractivity contribution in [1.29, 1.82) is 0 Å². The second-order valence-electron chi connectivity index (χ2n) is 7.91. The molecule has 142 valence electrons. The molecule has 0 saturated carbocycles. The van der Waals surface area contributed by atoms with E-state index in [1.165, 1.54) is 4.31 Å². The molecular weight excluding hydrogens is 350 g/mol. The first kappa shape index (κ1) is 19.1. The number of aliphatic hydroxyl groups is 1. The number of rotatable bonds is 4. The van der Waals surface area contributed by atoms with Gasteiger partial charge in [-0.1, -0.05) is 51.1 Å². The average Bonchev–Trinajstić information content (AvgIpc) is 3.01. The zero-order valence-corrected chi connectivity index (χ0v) is 16.4. The molecule has 2 heterocycles. The largest absolute Gasteiger partial charge is 0.393 e. The maximum atomic E-state index is 13.2. The first-order valence-electron chi connectivity index (χ1n) is 8.98. The van der Waals surface area contributed by atoms with Crippen LogP contribution in [0.4, 0.5) is 0 Å². The van der Waals surface area contributed by atoms with Gasteiger partial charge in [-0.15, -0.1) is 0 Å². The smallest absolute Gasteiger partial charge is 0.246 e. The molecule has 7 heteroatoms. The Balaban J connectivity index is 1.97. The van der Waals surface area contributed by atoms with Crippen LogP contribution in [0.15, 0.2) is 41.4 Å². The minimum absolute atomic E-state index is 0.275. The van der Waals surface area contributed by atoms with E-state index in [1.54, 1.807) is 10.9 Å². The molecule has 0 atom stereocenters. The Labute approximate surface area is 155 Å². The van der Waals surface area contributed by atoms with E-state index in [-0.39, 0.29) is 10.3 Å². The van der Waals surface area contributed by atoms with Crippen molar-refractivity contribution in [1.82, 2.24) is 14.1 Å². The van der Waals surface area contributed by atoms with Crippen LogP contribution >= 0.6 is 0 Å². The summed E-state index contributed by atoms with van der Waals surface area (Å²) in [4.78, 5) is 0.275. The van der Waals surface area contributed by atoms with Crippen LogP contribution in [-0.2, 0) is 22.0 Å². The topological polar surface area (TPSA) is 75.4 Å². The third kappa shape index (κ3) is 4.00. The summed E-state index contributed by atoms with van der Waals surface area (Å²) in [5.74, 6) is 0. The molecule has 3 rings (SSSR count). The van der Waals surface area contributed by atoms with Gasteiger partial charge in [0.2, 0.25) is 10.0 Å². The molecule has 2 aromatic rings. The van der Waals surface area contributed by atoms with Gasteiger partial charge in [-0.2, -0.15) is 9.40 Å². The fraction of sp³-hybridized carbons (Fsp3) is 0.526. The molecule has 1 saturated heterocycles. The summed E-state index contributed by atoms with van der Waals surface area (Å²) in [6.45, 7) is 7.13. The molecule has 1 aromatic heterocycles. The quantitative estimate of drug-likeness (QED) is 0.888. The number of piperidine rings is 1. The van der Waals surface area contributed by atoms with Crippen LogP contribution in [0.5, 0.6) is 0 Å². The van der Waals surface area contributed by atoms with E-state index < -0.39 is 16.1 Å². The highest BCUT2D eigenvalue weighted by Crippen LogP contribution is 2.31. The SMILES string of the molecule is CC(C)(C)c1nn(Cc2ccccc2)cc1S(=O)(=O)N1CCC(O)CC1. The summed E-state index contributed by atoms with van der Waals surface area (Å²) in [5, 5.41) is 14.3. The van der Waals surface area contributed by atoms with Crippen molar-refractivity contribution < 1.29 is 13.5 Å². The summed E-state index contributed by atoms with van der Waals surface area (Å²) in [6, 6.07) is 9.87. The first-order valence-corrected chi connectivity index (χ1v) is 10.4. The maximum absolute atomic E-state index is 13.2. The van der Waals surface area contributed by atoms with Gasteiger partial charge in [0, 0.05) is 24.7 Å². The fourth-order valence-corrected chi connectivity index (χ4v) is 5.00. The van der Waals surface area contributed by atoms with Crippen LogP contribution < -0.4 is 0 Å². The van der Waals surface area contributed by atoms with Gasteiger partial charge >= 0.3 is 0 Å². The zero-order chi connectivity index (χ0) is 18.9. The Morgan fingerprint density at radius 2 is 1.77 bits per heavy atom. The van der Waals surface area contributed by atoms with Gasteiger partial charge in [0.15, 0.2) is 0 Å². The number of benzene rings is 1. The average molecular weight is 378 g/mol. The van der Waals surface area contributed by atoms with Crippen molar-refractivity contribution in [3.05, 3.63) is 47.8 Å². The van der Waals surface area contributed by atoms with Gasteiger partial charge < -0.3 is 5.11 Å². The lowest BCUT2D eigenvalue weighted by Gasteiger charge is -2.29. The maximum Gasteiger partial charge on any atom is 0.246 e. The first-order chi connectivity index (χ1) is 12.2. The lowest BCUT2D eigenvalue weighted by atomic mass is 9.92. The Hall–Kier alpha value is -1.70. The lowest BCUT2D eigenvalue weighted by Crippen LogP contribution is -2.40. The van der Waals surface area contributed by atoms with Crippen molar-refractivity contribution in [2.45, 2.75) is 56.6 Å². The highest BCUT2D eigenvalue weighted by Gasteiger charge is 2.35. The van der Waals surface area contributed by atoms with Crippen molar-refractivity contribution in [3.8, 4) is 0 Å². The van der Waals surface area contributed by atoms with Gasteiger partial charge in [-0.3, -0.25) is 4.68 Å². The Morgan fingerprint density at radius 3 is 2.35 bits per heavy atom. The summed E-state index contributed by atoms with van der Waals surface area (Å²) in [5.41, 5.74) is 1.26. The highest BCUT2D eigenvalue weighted by molar-refractivity contribution is 7.89. The van der Waals surface area contributed by atoms with Crippen molar-refractivity contribution in [2.75, 3.05) is 13.1 Å². The molecular formula is C19H27N3O3S. The van der Waals surface area contributed by atoms with E-state index in [4.69, 9.17) is 0 Å². The monoisotopic (exact) mass is 377 g/mol. The number of aliphatic hydroxyl groups excluding tert-OH is 1. The summed E-state index contributed by atoms with van der Waals surface area (Å²) >= 11 is 0. The summed E-state index contributed by atoms with van der Waals surface area (Å²) in [6.07, 6.45) is 2.18. The van der Waals surface area contributed by atoms with E-state index in [2.05, 4.69) is 5.10 Å². The molecule has 0 aliphatic carbocycles. The molecule has 1 aliphatic heterocycles. The molecule has 1 fully saturated rings. The Bertz CT molecular complexity index is 846. The second kappa shape index (κ2) is 7.13. The van der Waals surface area contributed by atoms with Crippen LogP contribution in [0.3, 0.4) is 0 Å². The lowest BCUT2D eigenvalue weighted by molar-refractivity contribution is 0.113. The van der Waals surface area contributed by atoms with Gasteiger partial charge in [0.05, 0.1) is 18.3 Å². The molecule has 1 N–H and O–H groups in total. The predicted octanol–water partition coefficient (Wildman–Crippen LogP) is 2.37. The highest BCUT2D eigenvalue weighted by atomic mass is 32.2. The molecule has 0 bridgehead atoms. The predicted molar refractivity (Wildman–Crippen MR) is 100 cm³/mol. The van der Waals surface area contributed by atoms with Crippen LogP contribution in [-0.4, -0.2) is 46.8 Å². The molecule has 1 aliphatic rings. The summed E-state index contributed by atoms with van der Waals surface area (Å²) in [7, 11) is -3.63. The van der Waals surface area contributed by atoms with Crippen LogP contribution in [0, 0.1) is 0 Å². The number of aromatic nitrogens is 2. The van der Waals surface area contributed by atoms with Gasteiger partial charge in [-0.25, -0.2) is 8.42 Å². The molecule has 6 nitrogen and oxygen atoms in total. The van der Waals surface area contributed by atoms with E-state index in [1.807, 2.05) is 51.1 Å². The molecule has 26 heavy (non-hydrogen) atoms. The van der Waals surface area contributed by atoms with E-state index in [9.17, 15) is 13.5 Å². The minimum Gasteiger partial charge on any atom is -0.393 e. The molecule has 0 radical (unpaired) electrons.